The van der Waals surface area contributed by atoms with Crippen molar-refractivity contribution in [3.8, 4) is 0 Å². The van der Waals surface area contributed by atoms with Crippen molar-refractivity contribution in [2.75, 3.05) is 0 Å². The Labute approximate surface area is 203 Å². The zero-order valence-corrected chi connectivity index (χ0v) is 19.8. The fraction of sp³-hybridized carbons (Fsp3) is 0.360. The molecular weight excluding hydrogens is 450 g/mol. The number of nitrogens with zero attached hydrogens (tertiary/aromatic N) is 1. The summed E-state index contributed by atoms with van der Waals surface area (Å²) in [4.78, 5) is 69.4. The summed E-state index contributed by atoms with van der Waals surface area (Å²) < 4.78 is 0. The Kier molecular flexibility index (Phi) is 8.30. The standard InChI is InChI=1S/C25H29N5O5/c1-14(2)22(23(33)21-15(3)24(34)30-25(21)35)29-20(32)11-18(16-7-5-4-6-8-16)28-19(31)10-9-17-12-26-13-27-17/h4-10,12-15,18,21-22H,11H2,1-3H3,(H,26,27)(H,28,31)(H,29,32)(H,30,34,35)/b10-9+/t15-,18-,21+,22-/m0/s1. The van der Waals surface area contributed by atoms with E-state index in [-0.39, 0.29) is 12.3 Å². The van der Waals surface area contributed by atoms with E-state index in [1.807, 2.05) is 6.07 Å². The molecule has 1 aliphatic heterocycles. The van der Waals surface area contributed by atoms with Gasteiger partial charge < -0.3 is 15.6 Å². The molecule has 0 bridgehead atoms. The van der Waals surface area contributed by atoms with Gasteiger partial charge in [-0.3, -0.25) is 29.3 Å². The molecule has 4 amide bonds. The monoisotopic (exact) mass is 479 g/mol. The molecular formula is C25H29N5O5. The zero-order chi connectivity index (χ0) is 25.5. The molecule has 0 spiro atoms. The summed E-state index contributed by atoms with van der Waals surface area (Å²) >= 11 is 0. The molecule has 1 fully saturated rings. The molecule has 10 nitrogen and oxygen atoms in total. The predicted octanol–water partition coefficient (Wildman–Crippen LogP) is 1.29. The van der Waals surface area contributed by atoms with Crippen LogP contribution in [0.4, 0.5) is 0 Å². The summed E-state index contributed by atoms with van der Waals surface area (Å²) in [5.74, 6) is -4.81. The van der Waals surface area contributed by atoms with Crippen molar-refractivity contribution < 1.29 is 24.0 Å². The van der Waals surface area contributed by atoms with Gasteiger partial charge in [0.05, 0.1) is 36.4 Å². The van der Waals surface area contributed by atoms with Crippen LogP contribution in [0.3, 0.4) is 0 Å². The highest BCUT2D eigenvalue weighted by Crippen LogP contribution is 2.24. The average molecular weight is 480 g/mol. The molecule has 184 valence electrons. The lowest BCUT2D eigenvalue weighted by atomic mass is 9.85. The van der Waals surface area contributed by atoms with Crippen LogP contribution in [0.1, 0.15) is 44.5 Å². The largest absolute Gasteiger partial charge is 0.351 e. The molecule has 2 aromatic rings. The Balaban J connectivity index is 1.72. The molecule has 35 heavy (non-hydrogen) atoms. The molecule has 1 saturated heterocycles. The van der Waals surface area contributed by atoms with Crippen molar-refractivity contribution in [1.82, 2.24) is 25.9 Å². The number of imide groups is 1. The lowest BCUT2D eigenvalue weighted by Crippen LogP contribution is -2.49. The number of amides is 4. The molecule has 4 atom stereocenters. The number of carbonyl (C=O) groups is 5. The second-order valence-corrected chi connectivity index (χ2v) is 8.81. The maximum Gasteiger partial charge on any atom is 0.244 e. The lowest BCUT2D eigenvalue weighted by molar-refractivity contribution is -0.137. The molecule has 1 aliphatic rings. The quantitative estimate of drug-likeness (QED) is 0.229. The van der Waals surface area contributed by atoms with Crippen LogP contribution < -0.4 is 16.0 Å². The van der Waals surface area contributed by atoms with Gasteiger partial charge in [-0.2, -0.15) is 0 Å². The van der Waals surface area contributed by atoms with Gasteiger partial charge in [0.25, 0.3) is 0 Å². The van der Waals surface area contributed by atoms with Gasteiger partial charge >= 0.3 is 0 Å². The minimum absolute atomic E-state index is 0.131. The predicted molar refractivity (Wildman–Crippen MR) is 127 cm³/mol. The number of aromatic nitrogens is 2. The van der Waals surface area contributed by atoms with E-state index in [2.05, 4.69) is 25.9 Å². The normalized spacial score (nSPS) is 19.4. The first-order chi connectivity index (χ1) is 16.7. The first-order valence-electron chi connectivity index (χ1n) is 11.4. The number of ketones is 1. The van der Waals surface area contributed by atoms with E-state index < -0.39 is 53.3 Å². The van der Waals surface area contributed by atoms with Crippen LogP contribution in [0.5, 0.6) is 0 Å². The van der Waals surface area contributed by atoms with Crippen LogP contribution in [0.2, 0.25) is 0 Å². The van der Waals surface area contributed by atoms with Crippen molar-refractivity contribution in [3.05, 3.63) is 60.2 Å². The summed E-state index contributed by atoms with van der Waals surface area (Å²) in [6.07, 6.45) is 5.85. The minimum atomic E-state index is -1.15. The smallest absolute Gasteiger partial charge is 0.244 e. The number of benzene rings is 1. The molecule has 3 rings (SSSR count). The van der Waals surface area contributed by atoms with Crippen molar-refractivity contribution in [2.45, 2.75) is 39.3 Å². The van der Waals surface area contributed by atoms with Crippen molar-refractivity contribution >= 4 is 35.5 Å². The van der Waals surface area contributed by atoms with Gasteiger partial charge in [0.15, 0.2) is 5.78 Å². The van der Waals surface area contributed by atoms with Crippen molar-refractivity contribution in [3.63, 3.8) is 0 Å². The number of imidazole rings is 1. The highest BCUT2D eigenvalue weighted by atomic mass is 16.2. The zero-order valence-electron chi connectivity index (χ0n) is 19.8. The Morgan fingerprint density at radius 3 is 2.37 bits per heavy atom. The molecule has 4 N–H and O–H groups in total. The summed E-state index contributed by atoms with van der Waals surface area (Å²) in [5.41, 5.74) is 1.29. The Hall–Kier alpha value is -4.08. The molecule has 0 radical (unpaired) electrons. The third-order valence-electron chi connectivity index (χ3n) is 5.87. The lowest BCUT2D eigenvalue weighted by Gasteiger charge is -2.25. The van der Waals surface area contributed by atoms with E-state index in [1.165, 1.54) is 25.4 Å². The number of H-pyrrole nitrogens is 1. The number of carbonyl (C=O) groups excluding carboxylic acids is 5. The number of Topliss-reactive ketones (excluding diaryl/α,β-unsaturated/α-hetero) is 1. The Bertz CT molecular complexity index is 1110. The second-order valence-electron chi connectivity index (χ2n) is 8.81. The summed E-state index contributed by atoms with van der Waals surface area (Å²) in [6.45, 7) is 5.01. The van der Waals surface area contributed by atoms with E-state index >= 15 is 0 Å². The van der Waals surface area contributed by atoms with Gasteiger partial charge in [-0.05, 0) is 17.6 Å². The van der Waals surface area contributed by atoms with E-state index in [1.54, 1.807) is 44.3 Å². The second kappa shape index (κ2) is 11.4. The van der Waals surface area contributed by atoms with Crippen LogP contribution >= 0.6 is 0 Å². The third kappa shape index (κ3) is 6.50. The first-order valence-corrected chi connectivity index (χ1v) is 11.4. The molecule has 2 heterocycles. The van der Waals surface area contributed by atoms with E-state index in [0.29, 0.717) is 11.3 Å². The van der Waals surface area contributed by atoms with Gasteiger partial charge in [-0.25, -0.2) is 4.98 Å². The fourth-order valence-corrected chi connectivity index (χ4v) is 3.93. The van der Waals surface area contributed by atoms with Gasteiger partial charge in [0.1, 0.15) is 5.92 Å². The highest BCUT2D eigenvalue weighted by Gasteiger charge is 2.46. The van der Waals surface area contributed by atoms with E-state index in [9.17, 15) is 24.0 Å². The molecule has 1 aromatic carbocycles. The summed E-state index contributed by atoms with van der Waals surface area (Å²) in [6, 6.07) is 7.37. The molecule has 0 aliphatic carbocycles. The Morgan fingerprint density at radius 2 is 1.80 bits per heavy atom. The fourth-order valence-electron chi connectivity index (χ4n) is 3.93. The molecule has 0 unspecified atom stereocenters. The van der Waals surface area contributed by atoms with Gasteiger partial charge in [0, 0.05) is 12.3 Å². The number of nitrogens with one attached hydrogen (secondary N) is 4. The van der Waals surface area contributed by atoms with Crippen LogP contribution in [0.25, 0.3) is 6.08 Å². The number of hydrogen-bond acceptors (Lipinski definition) is 6. The van der Waals surface area contributed by atoms with E-state index in [0.717, 1.165) is 0 Å². The molecule has 10 heteroatoms. The maximum absolute atomic E-state index is 13.1. The number of hydrogen-bond donors (Lipinski definition) is 4. The van der Waals surface area contributed by atoms with Gasteiger partial charge in [0.2, 0.25) is 23.6 Å². The number of aromatic amines is 1. The topological polar surface area (TPSA) is 150 Å². The highest BCUT2D eigenvalue weighted by molar-refractivity contribution is 6.16. The Morgan fingerprint density at radius 1 is 1.09 bits per heavy atom. The van der Waals surface area contributed by atoms with Crippen LogP contribution in [-0.2, 0) is 24.0 Å². The number of rotatable bonds is 10. The van der Waals surface area contributed by atoms with Gasteiger partial charge in [-0.1, -0.05) is 51.1 Å². The maximum atomic E-state index is 13.1. The van der Waals surface area contributed by atoms with Crippen molar-refractivity contribution in [2.24, 2.45) is 17.8 Å². The van der Waals surface area contributed by atoms with E-state index in [4.69, 9.17) is 0 Å². The van der Waals surface area contributed by atoms with Crippen LogP contribution in [-0.4, -0.2) is 45.4 Å². The van der Waals surface area contributed by atoms with Crippen molar-refractivity contribution in [1.29, 1.82) is 0 Å². The summed E-state index contributed by atoms with van der Waals surface area (Å²) in [7, 11) is 0. The van der Waals surface area contributed by atoms with Gasteiger partial charge in [-0.15, -0.1) is 0 Å². The average Bonchev–Trinajstić information content (AvgIpc) is 3.43. The van der Waals surface area contributed by atoms with Crippen LogP contribution in [0, 0.1) is 17.8 Å². The summed E-state index contributed by atoms with van der Waals surface area (Å²) in [5, 5.41) is 7.70. The van der Waals surface area contributed by atoms with Crippen LogP contribution in [0.15, 0.2) is 48.9 Å². The molecule has 0 saturated carbocycles. The minimum Gasteiger partial charge on any atom is -0.351 e. The molecule has 1 aromatic heterocycles. The SMILES string of the molecule is CC(C)[C@H](NC(=O)C[C@H](NC(=O)/C=C/c1c[nH]cn1)c1ccccc1)C(=O)[C@@H]1C(=O)NC(=O)[C@H]1C. The first kappa shape index (κ1) is 25.5. The third-order valence-corrected chi connectivity index (χ3v) is 5.87.